The molecule has 2 heteroatoms. The van der Waals surface area contributed by atoms with Gasteiger partial charge in [-0.1, -0.05) is 17.7 Å². The first-order valence-electron chi connectivity index (χ1n) is 4.90. The highest BCUT2D eigenvalue weighted by molar-refractivity contribution is 6.07. The summed E-state index contributed by atoms with van der Waals surface area (Å²) < 4.78 is 0. The monoisotopic (exact) mass is 192 g/mol. The van der Waals surface area contributed by atoms with Gasteiger partial charge in [-0.15, -0.1) is 0 Å². The molecule has 0 bridgehead atoms. The van der Waals surface area contributed by atoms with Crippen LogP contribution in [0.15, 0.2) is 23.3 Å². The van der Waals surface area contributed by atoms with E-state index in [0.717, 1.165) is 17.6 Å². The molecule has 0 aliphatic heterocycles. The van der Waals surface area contributed by atoms with Crippen molar-refractivity contribution in [1.82, 2.24) is 0 Å². The van der Waals surface area contributed by atoms with E-state index >= 15 is 0 Å². The Morgan fingerprint density at radius 3 is 2.71 bits per heavy atom. The van der Waals surface area contributed by atoms with Crippen LogP contribution in [0.4, 0.5) is 0 Å². The Hall–Kier alpha value is -1.18. The van der Waals surface area contributed by atoms with Crippen LogP contribution in [0.3, 0.4) is 0 Å². The van der Waals surface area contributed by atoms with Crippen molar-refractivity contribution in [3.8, 4) is 0 Å². The molecule has 0 fully saturated rings. The molecule has 0 aromatic rings. The fraction of sp³-hybridized carbons (Fsp3) is 0.500. The van der Waals surface area contributed by atoms with Crippen molar-refractivity contribution in [2.24, 2.45) is 5.92 Å². The third kappa shape index (κ3) is 2.00. The molecule has 0 spiro atoms. The van der Waals surface area contributed by atoms with Crippen LogP contribution in [0.1, 0.15) is 33.6 Å². The van der Waals surface area contributed by atoms with Crippen molar-refractivity contribution in [1.29, 1.82) is 0 Å². The average molecular weight is 192 g/mol. The number of allylic oxidation sites excluding steroid dienone is 4. The molecular formula is C12H16O2. The van der Waals surface area contributed by atoms with Crippen LogP contribution in [0.2, 0.25) is 0 Å². The summed E-state index contributed by atoms with van der Waals surface area (Å²) in [4.78, 5) is 22.8. The smallest absolute Gasteiger partial charge is 0.151 e. The second-order valence-corrected chi connectivity index (χ2v) is 3.77. The van der Waals surface area contributed by atoms with Crippen molar-refractivity contribution >= 4 is 11.6 Å². The third-order valence-corrected chi connectivity index (χ3v) is 2.64. The summed E-state index contributed by atoms with van der Waals surface area (Å²) in [5.74, 6) is -0.410. The van der Waals surface area contributed by atoms with Gasteiger partial charge in [-0.2, -0.15) is 0 Å². The molecular weight excluding hydrogens is 176 g/mol. The Morgan fingerprint density at radius 2 is 2.21 bits per heavy atom. The first-order chi connectivity index (χ1) is 6.57. The quantitative estimate of drug-likeness (QED) is 0.508. The van der Waals surface area contributed by atoms with Gasteiger partial charge in [-0.25, -0.2) is 0 Å². The molecule has 1 rings (SSSR count). The van der Waals surface area contributed by atoms with Crippen molar-refractivity contribution in [3.05, 3.63) is 23.3 Å². The van der Waals surface area contributed by atoms with Gasteiger partial charge in [0.15, 0.2) is 5.78 Å². The third-order valence-electron chi connectivity index (χ3n) is 2.64. The van der Waals surface area contributed by atoms with E-state index in [-0.39, 0.29) is 11.6 Å². The van der Waals surface area contributed by atoms with Crippen LogP contribution in [0.5, 0.6) is 0 Å². The lowest BCUT2D eigenvalue weighted by atomic mass is 9.93. The maximum atomic E-state index is 11.5. The topological polar surface area (TPSA) is 34.1 Å². The minimum absolute atomic E-state index is 0.0219. The van der Waals surface area contributed by atoms with Gasteiger partial charge in [0.05, 0.1) is 5.92 Å². The van der Waals surface area contributed by atoms with E-state index in [1.807, 2.05) is 26.0 Å². The molecule has 1 aliphatic rings. The van der Waals surface area contributed by atoms with E-state index in [2.05, 4.69) is 0 Å². The lowest BCUT2D eigenvalue weighted by Gasteiger charge is -2.08. The second-order valence-electron chi connectivity index (χ2n) is 3.77. The van der Waals surface area contributed by atoms with Crippen LogP contribution in [0, 0.1) is 5.92 Å². The zero-order valence-corrected chi connectivity index (χ0v) is 8.96. The summed E-state index contributed by atoms with van der Waals surface area (Å²) in [6.45, 7) is 5.38. The molecule has 1 unspecified atom stereocenters. The highest BCUT2D eigenvalue weighted by Crippen LogP contribution is 2.32. The molecule has 0 aromatic heterocycles. The van der Waals surface area contributed by atoms with Gasteiger partial charge < -0.3 is 0 Å². The lowest BCUT2D eigenvalue weighted by Crippen LogP contribution is -2.18. The predicted octanol–water partition coefficient (Wildman–Crippen LogP) is 2.45. The minimum atomic E-state index is -0.453. The predicted molar refractivity (Wildman–Crippen MR) is 55.9 cm³/mol. The Balaban J connectivity index is 2.92. The minimum Gasteiger partial charge on any atom is -0.299 e. The molecule has 0 aromatic carbocycles. The molecule has 14 heavy (non-hydrogen) atoms. The standard InChI is InChI=1S/C12H16O2/c1-4-5-6-10-8(2)7-11(14)12(10)9(3)13/h4-5,12H,6-7H2,1-3H3/b5-4+. The fourth-order valence-electron chi connectivity index (χ4n) is 1.93. The molecule has 0 heterocycles. The van der Waals surface area contributed by atoms with Gasteiger partial charge in [-0.3, -0.25) is 9.59 Å². The zero-order valence-electron chi connectivity index (χ0n) is 8.96. The van der Waals surface area contributed by atoms with E-state index < -0.39 is 5.92 Å². The largest absolute Gasteiger partial charge is 0.299 e. The first kappa shape index (κ1) is 10.9. The van der Waals surface area contributed by atoms with Crippen LogP contribution >= 0.6 is 0 Å². The van der Waals surface area contributed by atoms with Crippen LogP contribution in [0.25, 0.3) is 0 Å². The zero-order chi connectivity index (χ0) is 10.7. The Labute approximate surface area is 84.7 Å². The van der Waals surface area contributed by atoms with E-state index in [9.17, 15) is 9.59 Å². The molecule has 1 aliphatic carbocycles. The number of ketones is 2. The Kier molecular flexibility index (Phi) is 3.39. The Bertz CT molecular complexity index is 321. The van der Waals surface area contributed by atoms with Crippen LogP contribution in [-0.4, -0.2) is 11.6 Å². The molecule has 76 valence electrons. The molecule has 0 saturated heterocycles. The molecule has 0 radical (unpaired) electrons. The summed E-state index contributed by atoms with van der Waals surface area (Å²) in [5, 5.41) is 0. The van der Waals surface area contributed by atoms with Crippen molar-refractivity contribution in [3.63, 3.8) is 0 Å². The number of hydrogen-bond donors (Lipinski definition) is 0. The summed E-state index contributed by atoms with van der Waals surface area (Å²) >= 11 is 0. The summed E-state index contributed by atoms with van der Waals surface area (Å²) in [6, 6.07) is 0. The van der Waals surface area contributed by atoms with Gasteiger partial charge in [0.1, 0.15) is 5.78 Å². The fourth-order valence-corrected chi connectivity index (χ4v) is 1.93. The van der Waals surface area contributed by atoms with Crippen molar-refractivity contribution < 1.29 is 9.59 Å². The number of rotatable bonds is 3. The SMILES string of the molecule is C/C=C/CC1=C(C)CC(=O)C1C(C)=O. The van der Waals surface area contributed by atoms with Gasteiger partial charge >= 0.3 is 0 Å². The van der Waals surface area contributed by atoms with Crippen molar-refractivity contribution in [2.75, 3.05) is 0 Å². The summed E-state index contributed by atoms with van der Waals surface area (Å²) in [7, 11) is 0. The van der Waals surface area contributed by atoms with E-state index in [1.165, 1.54) is 6.92 Å². The Morgan fingerprint density at radius 1 is 1.57 bits per heavy atom. The maximum absolute atomic E-state index is 11.5. The van der Waals surface area contributed by atoms with Gasteiger partial charge in [0.2, 0.25) is 0 Å². The summed E-state index contributed by atoms with van der Waals surface area (Å²) in [6.07, 6.45) is 5.13. The highest BCUT2D eigenvalue weighted by atomic mass is 16.1. The first-order valence-corrected chi connectivity index (χ1v) is 4.90. The number of carbonyl (C=O) groups excluding carboxylic acids is 2. The molecule has 0 amide bonds. The maximum Gasteiger partial charge on any atom is 0.151 e. The normalized spacial score (nSPS) is 22.5. The van der Waals surface area contributed by atoms with Crippen molar-refractivity contribution in [2.45, 2.75) is 33.6 Å². The number of hydrogen-bond acceptors (Lipinski definition) is 2. The molecule has 0 N–H and O–H groups in total. The lowest BCUT2D eigenvalue weighted by molar-refractivity contribution is -0.128. The van der Waals surface area contributed by atoms with Crippen LogP contribution in [-0.2, 0) is 9.59 Å². The molecule has 1 atom stereocenters. The summed E-state index contributed by atoms with van der Waals surface area (Å²) in [5.41, 5.74) is 2.09. The molecule has 0 saturated carbocycles. The van der Waals surface area contributed by atoms with Gasteiger partial charge in [0.25, 0.3) is 0 Å². The van der Waals surface area contributed by atoms with Gasteiger partial charge in [0, 0.05) is 6.42 Å². The second kappa shape index (κ2) is 4.36. The van der Waals surface area contributed by atoms with E-state index in [0.29, 0.717) is 6.42 Å². The highest BCUT2D eigenvalue weighted by Gasteiger charge is 2.33. The van der Waals surface area contributed by atoms with E-state index in [1.54, 1.807) is 0 Å². The average Bonchev–Trinajstić information content (AvgIpc) is 2.37. The molecule has 2 nitrogen and oxygen atoms in total. The van der Waals surface area contributed by atoms with E-state index in [4.69, 9.17) is 0 Å². The number of carbonyl (C=O) groups is 2. The van der Waals surface area contributed by atoms with Crippen LogP contribution < -0.4 is 0 Å². The van der Waals surface area contributed by atoms with Gasteiger partial charge in [-0.05, 0) is 32.8 Å². The number of Topliss-reactive ketones (excluding diaryl/α,β-unsaturated/α-hetero) is 2.